The van der Waals surface area contributed by atoms with Crippen LogP contribution in [-0.2, 0) is 28.7 Å². The number of nitrogens with one attached hydrogen (secondary N) is 1. The molecule has 272 valence electrons. The van der Waals surface area contributed by atoms with E-state index in [0.29, 0.717) is 42.1 Å². The lowest BCUT2D eigenvalue weighted by atomic mass is 10.1. The van der Waals surface area contributed by atoms with Gasteiger partial charge in [-0.3, -0.25) is 14.4 Å². The predicted molar refractivity (Wildman–Crippen MR) is 184 cm³/mol. The summed E-state index contributed by atoms with van der Waals surface area (Å²) < 4.78 is 53.1. The van der Waals surface area contributed by atoms with E-state index in [1.807, 2.05) is 24.8 Å². The Kier molecular flexibility index (Phi) is 9.16. The molecule has 1 fully saturated rings. The van der Waals surface area contributed by atoms with Crippen molar-refractivity contribution in [2.75, 3.05) is 43.1 Å². The lowest BCUT2D eigenvalue weighted by Gasteiger charge is -2.41. The molecular formula is C34H32ClF3N8O6. The summed E-state index contributed by atoms with van der Waals surface area (Å²) >= 11 is 6.13. The van der Waals surface area contributed by atoms with Crippen molar-refractivity contribution in [1.82, 2.24) is 29.0 Å². The number of piperazine rings is 1. The van der Waals surface area contributed by atoms with E-state index in [1.54, 1.807) is 15.5 Å². The van der Waals surface area contributed by atoms with Crippen molar-refractivity contribution in [3.8, 4) is 5.75 Å². The van der Waals surface area contributed by atoms with Crippen LogP contribution in [0, 0.1) is 0 Å². The second-order valence-corrected chi connectivity index (χ2v) is 12.8. The molecule has 2 aliphatic rings. The number of hydrogen-bond donors (Lipinski definition) is 2. The second kappa shape index (κ2) is 13.6. The van der Waals surface area contributed by atoms with E-state index in [2.05, 4.69) is 20.4 Å². The smallest absolute Gasteiger partial charge is 0.416 e. The monoisotopic (exact) mass is 740 g/mol. The highest BCUT2D eigenvalue weighted by molar-refractivity contribution is 6.33. The number of rotatable bonds is 7. The quantitative estimate of drug-likeness (QED) is 0.238. The third kappa shape index (κ3) is 6.34. The van der Waals surface area contributed by atoms with Crippen molar-refractivity contribution in [2.45, 2.75) is 45.5 Å². The number of nitrogens with zero attached hydrogens (tertiary/aromatic N) is 7. The number of halogens is 4. The van der Waals surface area contributed by atoms with Crippen molar-refractivity contribution >= 4 is 57.1 Å². The number of furan rings is 1. The van der Waals surface area contributed by atoms with E-state index in [0.717, 1.165) is 28.3 Å². The van der Waals surface area contributed by atoms with Crippen LogP contribution in [0.1, 0.15) is 47.8 Å². The molecule has 52 heavy (non-hydrogen) atoms. The molecule has 7 rings (SSSR count). The zero-order valence-corrected chi connectivity index (χ0v) is 28.7. The van der Waals surface area contributed by atoms with Gasteiger partial charge in [0.1, 0.15) is 12.2 Å². The van der Waals surface area contributed by atoms with Gasteiger partial charge in [-0.1, -0.05) is 24.6 Å². The Morgan fingerprint density at radius 3 is 2.69 bits per heavy atom. The van der Waals surface area contributed by atoms with Crippen LogP contribution in [0.3, 0.4) is 0 Å². The fraction of sp³-hybridized carbons (Fsp3) is 0.353. The summed E-state index contributed by atoms with van der Waals surface area (Å²) in [4.78, 5) is 53.7. The van der Waals surface area contributed by atoms with Crippen molar-refractivity contribution in [3.05, 3.63) is 81.0 Å². The summed E-state index contributed by atoms with van der Waals surface area (Å²) in [6, 6.07) is 3.73. The van der Waals surface area contributed by atoms with Gasteiger partial charge in [0, 0.05) is 25.7 Å². The molecule has 18 heteroatoms. The Labute approximate surface area is 298 Å². The first-order valence-electron chi connectivity index (χ1n) is 16.4. The molecule has 1 aromatic carbocycles. The number of ether oxygens (including phenoxy) is 1. The van der Waals surface area contributed by atoms with E-state index >= 15 is 0 Å². The molecule has 2 amide bonds. The highest BCUT2D eigenvalue weighted by Crippen LogP contribution is 2.34. The van der Waals surface area contributed by atoms with Crippen molar-refractivity contribution in [3.63, 3.8) is 0 Å². The van der Waals surface area contributed by atoms with Gasteiger partial charge in [0.15, 0.2) is 22.9 Å². The minimum absolute atomic E-state index is 0.0217. The maximum absolute atomic E-state index is 14.3. The molecule has 0 aliphatic carbocycles. The van der Waals surface area contributed by atoms with Crippen LogP contribution in [0.25, 0.3) is 22.3 Å². The van der Waals surface area contributed by atoms with Crippen LogP contribution in [-0.4, -0.2) is 84.9 Å². The van der Waals surface area contributed by atoms with Crippen LogP contribution >= 0.6 is 11.6 Å². The molecule has 1 saturated heterocycles. The lowest BCUT2D eigenvalue weighted by Crippen LogP contribution is -2.55. The molecule has 14 nitrogen and oxygen atoms in total. The number of alkyl halides is 3. The summed E-state index contributed by atoms with van der Waals surface area (Å²) in [7, 11) is 0. The Balaban J connectivity index is 1.23. The number of carbonyl (C=O) groups excluding carboxylic acids is 2. The molecule has 0 saturated carbocycles. The summed E-state index contributed by atoms with van der Waals surface area (Å²) in [5.74, 6) is -1.01. The first kappa shape index (κ1) is 35.0. The molecule has 4 aromatic heterocycles. The molecular weight excluding hydrogens is 709 g/mol. The van der Waals surface area contributed by atoms with E-state index in [4.69, 9.17) is 20.8 Å². The summed E-state index contributed by atoms with van der Waals surface area (Å²) in [6.45, 7) is 4.64. The fourth-order valence-corrected chi connectivity index (χ4v) is 6.83. The van der Waals surface area contributed by atoms with Gasteiger partial charge in [-0.15, -0.1) is 5.10 Å². The molecule has 2 N–H and O–H groups in total. The molecule has 0 bridgehead atoms. The van der Waals surface area contributed by atoms with Gasteiger partial charge >= 0.3 is 6.18 Å². The normalized spacial score (nSPS) is 16.8. The number of hydrogen-bond acceptors (Lipinski definition) is 10. The second-order valence-electron chi connectivity index (χ2n) is 12.4. The zero-order valence-electron chi connectivity index (χ0n) is 27.9. The lowest BCUT2D eigenvalue weighted by molar-refractivity contribution is -0.137. The predicted octanol–water partition coefficient (Wildman–Crippen LogP) is 4.77. The maximum Gasteiger partial charge on any atom is 0.416 e. The molecule has 0 radical (unpaired) electrons. The van der Waals surface area contributed by atoms with E-state index in [-0.39, 0.29) is 66.2 Å². The molecule has 2 aliphatic heterocycles. The SMILES string of the molecule is CCc1c(N2CCN(C(=O)c3ncc4occc4c3O)[C@H](C)C2)c(=O)n2nc(C3=CCOCC3)nc2n1CC(=O)Nc1ccc(C(F)(F)F)cc1Cl. The minimum Gasteiger partial charge on any atom is -0.505 e. The topological polar surface area (TPSA) is 160 Å². The molecule has 6 heterocycles. The summed E-state index contributed by atoms with van der Waals surface area (Å²) in [5.41, 5.74) is 0.249. The Morgan fingerprint density at radius 2 is 2.00 bits per heavy atom. The number of anilines is 2. The molecule has 0 spiro atoms. The first-order valence-corrected chi connectivity index (χ1v) is 16.8. The Morgan fingerprint density at radius 1 is 1.19 bits per heavy atom. The average Bonchev–Trinajstić information content (AvgIpc) is 3.79. The summed E-state index contributed by atoms with van der Waals surface area (Å²) in [5, 5.41) is 18.0. The number of carbonyl (C=O) groups is 2. The van der Waals surface area contributed by atoms with Gasteiger partial charge in [-0.05, 0) is 49.6 Å². The van der Waals surface area contributed by atoms with E-state index in [1.165, 1.54) is 12.5 Å². The minimum atomic E-state index is -4.62. The van der Waals surface area contributed by atoms with Crippen molar-refractivity contribution in [1.29, 1.82) is 0 Å². The van der Waals surface area contributed by atoms with Crippen LogP contribution < -0.4 is 15.8 Å². The van der Waals surface area contributed by atoms with Gasteiger partial charge in [-0.25, -0.2) is 4.98 Å². The Hall–Kier alpha value is -5.42. The van der Waals surface area contributed by atoms with Gasteiger partial charge in [0.25, 0.3) is 11.5 Å². The summed E-state index contributed by atoms with van der Waals surface area (Å²) in [6.07, 6.45) is 0.764. The maximum atomic E-state index is 14.3. The third-order valence-corrected chi connectivity index (χ3v) is 9.49. The van der Waals surface area contributed by atoms with Gasteiger partial charge in [0.2, 0.25) is 11.7 Å². The molecule has 0 unspecified atom stereocenters. The van der Waals surface area contributed by atoms with Crippen molar-refractivity contribution in [2.24, 2.45) is 0 Å². The van der Waals surface area contributed by atoms with Gasteiger partial charge in [-0.2, -0.15) is 22.7 Å². The molecule has 5 aromatic rings. The van der Waals surface area contributed by atoms with Crippen molar-refractivity contribution < 1.29 is 37.0 Å². The van der Waals surface area contributed by atoms with Gasteiger partial charge < -0.3 is 33.9 Å². The number of fused-ring (bicyclic) bond motifs is 2. The highest BCUT2D eigenvalue weighted by atomic mass is 35.5. The largest absolute Gasteiger partial charge is 0.505 e. The number of benzene rings is 1. The first-order chi connectivity index (χ1) is 24.8. The van der Waals surface area contributed by atoms with Crippen LogP contribution in [0.4, 0.5) is 24.5 Å². The van der Waals surface area contributed by atoms with Gasteiger partial charge in [0.05, 0.1) is 53.0 Å². The standard InChI is InChI=1S/C34H32ClF3N8O6/c1-3-24-28(43-9-10-44(18(2)16-43)31(49)27-29(48)21-8-13-52-25(21)15-39-27)32(50)46-33(41-30(42-46)19-6-11-51-12-7-19)45(24)17-26(47)40-23-5-4-20(14-22(23)35)34(36,37)38/h4-6,8,13-15,18,48H,3,7,9-12,16-17H2,1-2H3,(H,40,47)/t18-/m1/s1. The highest BCUT2D eigenvalue weighted by Gasteiger charge is 2.35. The average molecular weight is 741 g/mol. The van der Waals surface area contributed by atoms with Crippen LogP contribution in [0.5, 0.6) is 5.75 Å². The third-order valence-electron chi connectivity index (χ3n) is 9.18. The van der Waals surface area contributed by atoms with Crippen LogP contribution in [0.15, 0.2) is 52.0 Å². The number of pyridine rings is 1. The fourth-order valence-electron chi connectivity index (χ4n) is 6.61. The van der Waals surface area contributed by atoms with E-state index < -0.39 is 35.2 Å². The number of aromatic nitrogens is 5. The van der Waals surface area contributed by atoms with Crippen LogP contribution in [0.2, 0.25) is 5.02 Å². The number of aromatic hydroxyl groups is 1. The Bertz CT molecular complexity index is 2320. The molecule has 1 atom stereocenters. The zero-order chi connectivity index (χ0) is 36.9. The van der Waals surface area contributed by atoms with E-state index in [9.17, 15) is 32.7 Å². The number of amides is 2.